The third-order valence-electron chi connectivity index (χ3n) is 3.50. The van der Waals surface area contributed by atoms with Gasteiger partial charge in [0, 0.05) is 6.54 Å². The van der Waals surface area contributed by atoms with Gasteiger partial charge < -0.3 is 10.1 Å². The minimum Gasteiger partial charge on any atom is -0.492 e. The second-order valence-corrected chi connectivity index (χ2v) is 4.93. The van der Waals surface area contributed by atoms with Crippen LogP contribution in [0.1, 0.15) is 15.9 Å². The number of Topliss-reactive ketones (excluding diaryl/α,β-unsaturated/α-hetero) is 1. The number of nitrogens with one attached hydrogen (secondary N) is 1. The lowest BCUT2D eigenvalue weighted by molar-refractivity contribution is -0.124. The Bertz CT molecular complexity index is 667. The van der Waals surface area contributed by atoms with Gasteiger partial charge in [0.25, 0.3) is 0 Å². The molecule has 106 valence electrons. The Kier molecular flexibility index (Phi) is 3.69. The zero-order valence-electron chi connectivity index (χ0n) is 11.4. The quantitative estimate of drug-likeness (QED) is 0.877. The van der Waals surface area contributed by atoms with Crippen LogP contribution < -0.4 is 10.1 Å². The number of ketones is 1. The lowest BCUT2D eigenvalue weighted by Gasteiger charge is -2.23. The van der Waals surface area contributed by atoms with Gasteiger partial charge in [0.15, 0.2) is 5.78 Å². The molecule has 0 saturated heterocycles. The maximum atomic E-state index is 12.3. The summed E-state index contributed by atoms with van der Waals surface area (Å²) in [7, 11) is 0. The van der Waals surface area contributed by atoms with Gasteiger partial charge in [0.05, 0.1) is 5.56 Å². The highest BCUT2D eigenvalue weighted by Gasteiger charge is 2.33. The smallest absolute Gasteiger partial charge is 0.234 e. The van der Waals surface area contributed by atoms with Gasteiger partial charge in [-0.2, -0.15) is 0 Å². The first-order chi connectivity index (χ1) is 10.3. The lowest BCUT2D eigenvalue weighted by atomic mass is 9.94. The number of carbonyl (C=O) groups excluding carboxylic acids is 2. The molecule has 1 aliphatic heterocycles. The summed E-state index contributed by atoms with van der Waals surface area (Å²) in [6.07, 6.45) is 0. The number of hydrogen-bond acceptors (Lipinski definition) is 3. The molecule has 0 fully saturated rings. The summed E-state index contributed by atoms with van der Waals surface area (Å²) in [6, 6.07) is 16.6. The summed E-state index contributed by atoms with van der Waals surface area (Å²) in [5.41, 5.74) is 1.47. The molecule has 1 aliphatic rings. The summed E-state index contributed by atoms with van der Waals surface area (Å²) in [4.78, 5) is 24.5. The predicted molar refractivity (Wildman–Crippen MR) is 78.0 cm³/mol. The molecule has 1 amide bonds. The number of benzene rings is 2. The molecule has 0 spiro atoms. The van der Waals surface area contributed by atoms with Crippen LogP contribution in [0.4, 0.5) is 0 Å². The van der Waals surface area contributed by atoms with Crippen LogP contribution in [0.15, 0.2) is 54.6 Å². The average Bonchev–Trinajstić information content (AvgIpc) is 2.54. The molecule has 4 heteroatoms. The Balaban J connectivity index is 1.68. The number of rotatable bonds is 3. The molecular formula is C17H15NO3. The van der Waals surface area contributed by atoms with E-state index in [1.54, 1.807) is 18.2 Å². The van der Waals surface area contributed by atoms with Crippen molar-refractivity contribution < 1.29 is 14.3 Å². The van der Waals surface area contributed by atoms with E-state index in [2.05, 4.69) is 5.32 Å². The van der Waals surface area contributed by atoms with Crippen molar-refractivity contribution in [3.05, 3.63) is 65.7 Å². The van der Waals surface area contributed by atoms with Gasteiger partial charge >= 0.3 is 0 Å². The molecule has 1 N–H and O–H groups in total. The summed E-state index contributed by atoms with van der Waals surface area (Å²) in [5.74, 6) is -0.695. The van der Waals surface area contributed by atoms with Crippen LogP contribution in [-0.2, 0) is 11.3 Å². The van der Waals surface area contributed by atoms with Crippen molar-refractivity contribution >= 4 is 11.7 Å². The van der Waals surface area contributed by atoms with Gasteiger partial charge in [-0.05, 0) is 17.7 Å². The number of fused-ring (bicyclic) bond motifs is 1. The van der Waals surface area contributed by atoms with Crippen LogP contribution in [0.3, 0.4) is 0 Å². The van der Waals surface area contributed by atoms with Crippen LogP contribution in [0.25, 0.3) is 0 Å². The first kappa shape index (κ1) is 13.4. The van der Waals surface area contributed by atoms with Gasteiger partial charge in [-0.15, -0.1) is 0 Å². The highest BCUT2D eigenvalue weighted by Crippen LogP contribution is 2.26. The second-order valence-electron chi connectivity index (χ2n) is 4.93. The molecule has 1 atom stereocenters. The maximum absolute atomic E-state index is 12.3. The van der Waals surface area contributed by atoms with Crippen LogP contribution in [-0.4, -0.2) is 18.3 Å². The zero-order valence-corrected chi connectivity index (χ0v) is 11.4. The molecule has 2 aromatic carbocycles. The van der Waals surface area contributed by atoms with Crippen molar-refractivity contribution in [3.63, 3.8) is 0 Å². The molecule has 1 heterocycles. The minimum atomic E-state index is -0.774. The van der Waals surface area contributed by atoms with Crippen LogP contribution in [0.2, 0.25) is 0 Å². The average molecular weight is 281 g/mol. The summed E-state index contributed by atoms with van der Waals surface area (Å²) in [5, 5.41) is 2.79. The van der Waals surface area contributed by atoms with Gasteiger partial charge in [-0.3, -0.25) is 9.59 Å². The van der Waals surface area contributed by atoms with Crippen molar-refractivity contribution in [2.24, 2.45) is 5.92 Å². The number of carbonyl (C=O) groups is 2. The van der Waals surface area contributed by atoms with Crippen molar-refractivity contribution in [2.75, 3.05) is 6.61 Å². The van der Waals surface area contributed by atoms with E-state index in [0.29, 0.717) is 17.9 Å². The number of hydrogen-bond donors (Lipinski definition) is 1. The summed E-state index contributed by atoms with van der Waals surface area (Å²) in [6.45, 7) is 0.502. The molecule has 0 aromatic heterocycles. The minimum absolute atomic E-state index is 0.0937. The fourth-order valence-corrected chi connectivity index (χ4v) is 2.34. The molecule has 4 nitrogen and oxygen atoms in total. The Hall–Kier alpha value is -2.62. The van der Waals surface area contributed by atoms with Crippen molar-refractivity contribution in [3.8, 4) is 5.75 Å². The molecule has 0 bridgehead atoms. The zero-order chi connectivity index (χ0) is 14.7. The largest absolute Gasteiger partial charge is 0.492 e. The second kappa shape index (κ2) is 5.79. The van der Waals surface area contributed by atoms with E-state index in [4.69, 9.17) is 4.74 Å². The molecule has 1 unspecified atom stereocenters. The topological polar surface area (TPSA) is 55.4 Å². The van der Waals surface area contributed by atoms with Crippen LogP contribution in [0.5, 0.6) is 5.75 Å². The normalized spacial score (nSPS) is 16.8. The Morgan fingerprint density at radius 1 is 1.10 bits per heavy atom. The Labute approximate surface area is 122 Å². The first-order valence-electron chi connectivity index (χ1n) is 6.83. The maximum Gasteiger partial charge on any atom is 0.234 e. The monoisotopic (exact) mass is 281 g/mol. The molecular weight excluding hydrogens is 266 g/mol. The fourth-order valence-electron chi connectivity index (χ4n) is 2.34. The number of ether oxygens (including phenoxy) is 1. The first-order valence-corrected chi connectivity index (χ1v) is 6.83. The third-order valence-corrected chi connectivity index (χ3v) is 3.50. The van der Waals surface area contributed by atoms with Crippen molar-refractivity contribution in [2.45, 2.75) is 6.54 Å². The highest BCUT2D eigenvalue weighted by atomic mass is 16.5. The Morgan fingerprint density at radius 3 is 2.62 bits per heavy atom. The summed E-state index contributed by atoms with van der Waals surface area (Å²) >= 11 is 0. The lowest BCUT2D eigenvalue weighted by Crippen LogP contribution is -2.41. The van der Waals surface area contributed by atoms with Crippen molar-refractivity contribution in [1.82, 2.24) is 5.32 Å². The van der Waals surface area contributed by atoms with E-state index >= 15 is 0 Å². The summed E-state index contributed by atoms with van der Waals surface area (Å²) < 4.78 is 5.50. The SMILES string of the molecule is O=C(NCc1ccccc1)C1COc2ccccc2C1=O. The molecule has 21 heavy (non-hydrogen) atoms. The molecule has 0 radical (unpaired) electrons. The number of amides is 1. The molecule has 0 aliphatic carbocycles. The van der Waals surface area contributed by atoms with Crippen LogP contribution >= 0.6 is 0 Å². The van der Waals surface area contributed by atoms with E-state index < -0.39 is 5.92 Å². The van der Waals surface area contributed by atoms with E-state index in [1.807, 2.05) is 36.4 Å². The molecule has 3 rings (SSSR count). The van der Waals surface area contributed by atoms with Gasteiger partial charge in [-0.25, -0.2) is 0 Å². The van der Waals surface area contributed by atoms with E-state index in [-0.39, 0.29) is 18.3 Å². The fraction of sp³-hybridized carbons (Fsp3) is 0.176. The molecule has 0 saturated carbocycles. The van der Waals surface area contributed by atoms with E-state index in [9.17, 15) is 9.59 Å². The van der Waals surface area contributed by atoms with Crippen molar-refractivity contribution in [1.29, 1.82) is 0 Å². The highest BCUT2D eigenvalue weighted by molar-refractivity contribution is 6.12. The Morgan fingerprint density at radius 2 is 1.81 bits per heavy atom. The van der Waals surface area contributed by atoms with Gasteiger partial charge in [0.1, 0.15) is 18.3 Å². The standard InChI is InChI=1S/C17H15NO3/c19-16-13-8-4-5-9-15(13)21-11-14(16)17(20)18-10-12-6-2-1-3-7-12/h1-9,14H,10-11H2,(H,18,20). The van der Waals surface area contributed by atoms with Gasteiger partial charge in [0.2, 0.25) is 5.91 Å². The molecule has 2 aromatic rings. The number of para-hydroxylation sites is 1. The van der Waals surface area contributed by atoms with Gasteiger partial charge in [-0.1, -0.05) is 42.5 Å². The van der Waals surface area contributed by atoms with E-state index in [0.717, 1.165) is 5.56 Å². The van der Waals surface area contributed by atoms with Crippen LogP contribution in [0, 0.1) is 5.92 Å². The predicted octanol–water partition coefficient (Wildman–Crippen LogP) is 2.19. The third kappa shape index (κ3) is 2.79. The van der Waals surface area contributed by atoms with E-state index in [1.165, 1.54) is 0 Å².